The average molecular weight is 516 g/mol. The Bertz CT molecular complexity index is 982. The maximum Gasteiger partial charge on any atom is 0.416 e. The van der Waals surface area contributed by atoms with Crippen molar-refractivity contribution in [2.45, 2.75) is 43.7 Å². The molecule has 1 heterocycles. The van der Waals surface area contributed by atoms with Crippen molar-refractivity contribution in [1.82, 2.24) is 14.7 Å². The van der Waals surface area contributed by atoms with E-state index in [-0.39, 0.29) is 30.5 Å². The molecule has 1 aliphatic rings. The zero-order chi connectivity index (χ0) is 26.7. The quantitative estimate of drug-likeness (QED) is 0.456. The second kappa shape index (κ2) is 11.2. The van der Waals surface area contributed by atoms with E-state index in [1.165, 1.54) is 11.9 Å². The third-order valence-corrected chi connectivity index (χ3v) is 6.70. The molecule has 198 valence electrons. The van der Waals surface area contributed by atoms with Crippen LogP contribution in [0.15, 0.2) is 48.5 Å². The molecule has 0 bridgehead atoms. The first-order chi connectivity index (χ1) is 16.8. The van der Waals surface area contributed by atoms with Crippen LogP contribution in [0.3, 0.4) is 0 Å². The molecule has 1 unspecified atom stereocenters. The van der Waals surface area contributed by atoms with E-state index in [2.05, 4.69) is 9.80 Å². The lowest BCUT2D eigenvalue weighted by atomic mass is 9.97. The first-order valence-corrected chi connectivity index (χ1v) is 11.8. The van der Waals surface area contributed by atoms with Crippen LogP contribution in [0.5, 0.6) is 0 Å². The van der Waals surface area contributed by atoms with E-state index >= 15 is 0 Å². The molecule has 36 heavy (non-hydrogen) atoms. The maximum atomic E-state index is 13.5. The number of hydrogen-bond acceptors (Lipinski definition) is 3. The zero-order valence-corrected chi connectivity index (χ0v) is 20.5. The van der Waals surface area contributed by atoms with Gasteiger partial charge in [0, 0.05) is 32.7 Å². The predicted octanol–water partition coefficient (Wildman–Crippen LogP) is 5.49. The van der Waals surface area contributed by atoms with Gasteiger partial charge in [-0.2, -0.15) is 26.3 Å². The number of alkyl halides is 6. The van der Waals surface area contributed by atoms with Gasteiger partial charge in [-0.1, -0.05) is 30.3 Å². The van der Waals surface area contributed by atoms with Gasteiger partial charge in [-0.15, -0.1) is 0 Å². The molecule has 4 nitrogen and oxygen atoms in total. The minimum absolute atomic E-state index is 0.0189. The van der Waals surface area contributed by atoms with Crippen molar-refractivity contribution in [2.24, 2.45) is 0 Å². The minimum atomic E-state index is -4.91. The number of likely N-dealkylation sites (tertiary alicyclic amines) is 1. The SMILES string of the molecule is CN(CCc1cc(C(F)(F)F)cc(C(F)(F)F)c1)C(=O)C(c1ccccc1)N1CCC(N(C)C)CC1. The fourth-order valence-corrected chi connectivity index (χ4v) is 4.58. The van der Waals surface area contributed by atoms with Gasteiger partial charge in [0.2, 0.25) is 5.91 Å². The number of carbonyl (C=O) groups excluding carboxylic acids is 1. The third-order valence-electron chi connectivity index (χ3n) is 6.70. The Balaban J connectivity index is 1.79. The van der Waals surface area contributed by atoms with E-state index in [1.54, 1.807) is 0 Å². The van der Waals surface area contributed by atoms with Gasteiger partial charge in [-0.3, -0.25) is 9.69 Å². The Kier molecular flexibility index (Phi) is 8.71. The number of benzene rings is 2. The monoisotopic (exact) mass is 515 g/mol. The normalized spacial score (nSPS) is 16.8. The van der Waals surface area contributed by atoms with Gasteiger partial charge in [-0.05, 0) is 62.7 Å². The average Bonchev–Trinajstić information content (AvgIpc) is 2.82. The van der Waals surface area contributed by atoms with E-state index in [4.69, 9.17) is 0 Å². The van der Waals surface area contributed by atoms with Crippen molar-refractivity contribution in [2.75, 3.05) is 40.8 Å². The molecular weight excluding hydrogens is 484 g/mol. The molecule has 0 spiro atoms. The number of nitrogens with zero attached hydrogens (tertiary/aromatic N) is 3. The number of amides is 1. The Morgan fingerprint density at radius 2 is 1.44 bits per heavy atom. The van der Waals surface area contributed by atoms with Crippen LogP contribution in [0.2, 0.25) is 0 Å². The lowest BCUT2D eigenvalue weighted by Crippen LogP contribution is -2.48. The highest BCUT2D eigenvalue weighted by atomic mass is 19.4. The summed E-state index contributed by atoms with van der Waals surface area (Å²) in [5.41, 5.74) is -2.03. The van der Waals surface area contributed by atoms with Crippen molar-refractivity contribution in [3.05, 3.63) is 70.8 Å². The summed E-state index contributed by atoms with van der Waals surface area (Å²) in [5.74, 6) is -0.243. The van der Waals surface area contributed by atoms with E-state index < -0.39 is 29.5 Å². The Morgan fingerprint density at radius 3 is 1.92 bits per heavy atom. The van der Waals surface area contributed by atoms with Gasteiger partial charge in [0.05, 0.1) is 11.1 Å². The molecular formula is C26H31F6N3O. The van der Waals surface area contributed by atoms with E-state index in [1.807, 2.05) is 44.4 Å². The number of carbonyl (C=O) groups is 1. The Labute approximate surface area is 207 Å². The maximum absolute atomic E-state index is 13.5. The van der Waals surface area contributed by atoms with E-state index in [0.717, 1.165) is 18.4 Å². The molecule has 1 amide bonds. The number of hydrogen-bond donors (Lipinski definition) is 0. The van der Waals surface area contributed by atoms with Gasteiger partial charge in [0.15, 0.2) is 0 Å². The second-order valence-corrected chi connectivity index (χ2v) is 9.47. The molecule has 0 radical (unpaired) electrons. The van der Waals surface area contributed by atoms with Gasteiger partial charge in [0.1, 0.15) is 6.04 Å². The standard InChI is InChI=1S/C26H31F6N3O/c1-33(2)22-10-13-35(14-11-22)23(19-7-5-4-6-8-19)24(36)34(3)12-9-18-15-20(25(27,28)29)17-21(16-18)26(30,31)32/h4-8,15-17,22-23H,9-14H2,1-3H3. The highest BCUT2D eigenvalue weighted by Crippen LogP contribution is 2.36. The summed E-state index contributed by atoms with van der Waals surface area (Å²) in [7, 11) is 5.57. The highest BCUT2D eigenvalue weighted by molar-refractivity contribution is 5.83. The van der Waals surface area contributed by atoms with Crippen LogP contribution in [0, 0.1) is 0 Å². The van der Waals surface area contributed by atoms with Crippen molar-refractivity contribution < 1.29 is 31.1 Å². The summed E-state index contributed by atoms with van der Waals surface area (Å²) in [4.78, 5) is 19.2. The Morgan fingerprint density at radius 1 is 0.917 bits per heavy atom. The Hall–Kier alpha value is -2.59. The molecule has 0 aliphatic carbocycles. The summed E-state index contributed by atoms with van der Waals surface area (Å²) in [6, 6.07) is 10.6. The first kappa shape index (κ1) is 28.0. The molecule has 2 aromatic carbocycles. The smallest absolute Gasteiger partial charge is 0.344 e. The summed E-state index contributed by atoms with van der Waals surface area (Å²) in [6.07, 6.45) is -8.18. The van der Waals surface area contributed by atoms with Crippen LogP contribution in [-0.2, 0) is 23.6 Å². The van der Waals surface area contributed by atoms with Crippen molar-refractivity contribution >= 4 is 5.91 Å². The second-order valence-electron chi connectivity index (χ2n) is 9.47. The van der Waals surface area contributed by atoms with Crippen LogP contribution in [0.4, 0.5) is 26.3 Å². The van der Waals surface area contributed by atoms with Crippen molar-refractivity contribution in [3.8, 4) is 0 Å². The van der Waals surface area contributed by atoms with Crippen molar-refractivity contribution in [1.29, 1.82) is 0 Å². The fraction of sp³-hybridized carbons (Fsp3) is 0.500. The molecule has 1 saturated heterocycles. The fourth-order valence-electron chi connectivity index (χ4n) is 4.58. The van der Waals surface area contributed by atoms with Crippen LogP contribution in [0.1, 0.15) is 41.1 Å². The van der Waals surface area contributed by atoms with Crippen LogP contribution < -0.4 is 0 Å². The zero-order valence-electron chi connectivity index (χ0n) is 20.5. The summed E-state index contributed by atoms with van der Waals surface area (Å²) >= 11 is 0. The van der Waals surface area contributed by atoms with Crippen LogP contribution in [0.25, 0.3) is 0 Å². The molecule has 1 aliphatic heterocycles. The number of likely N-dealkylation sites (N-methyl/N-ethyl adjacent to an activating group) is 1. The molecule has 1 atom stereocenters. The summed E-state index contributed by atoms with van der Waals surface area (Å²) in [5, 5.41) is 0. The molecule has 3 rings (SSSR count). The lowest BCUT2D eigenvalue weighted by Gasteiger charge is -2.40. The molecule has 0 saturated carbocycles. The number of halogens is 6. The molecule has 2 aromatic rings. The molecule has 1 fully saturated rings. The first-order valence-electron chi connectivity index (χ1n) is 11.8. The topological polar surface area (TPSA) is 26.8 Å². The summed E-state index contributed by atoms with van der Waals surface area (Å²) in [6.45, 7) is 1.38. The lowest BCUT2D eigenvalue weighted by molar-refractivity contribution is -0.143. The van der Waals surface area contributed by atoms with Gasteiger partial charge in [-0.25, -0.2) is 0 Å². The third kappa shape index (κ3) is 7.00. The largest absolute Gasteiger partial charge is 0.416 e. The van der Waals surface area contributed by atoms with Gasteiger partial charge < -0.3 is 9.80 Å². The van der Waals surface area contributed by atoms with E-state index in [9.17, 15) is 31.1 Å². The molecule has 0 aromatic heterocycles. The number of rotatable bonds is 7. The van der Waals surface area contributed by atoms with E-state index in [0.29, 0.717) is 31.3 Å². The number of piperidine rings is 1. The molecule has 10 heteroatoms. The minimum Gasteiger partial charge on any atom is -0.344 e. The highest BCUT2D eigenvalue weighted by Gasteiger charge is 2.37. The molecule has 0 N–H and O–H groups in total. The van der Waals surface area contributed by atoms with Gasteiger partial charge in [0.25, 0.3) is 0 Å². The van der Waals surface area contributed by atoms with Crippen LogP contribution in [-0.4, -0.2) is 67.4 Å². The van der Waals surface area contributed by atoms with Crippen LogP contribution >= 0.6 is 0 Å². The summed E-state index contributed by atoms with van der Waals surface area (Å²) < 4.78 is 79.2. The van der Waals surface area contributed by atoms with Crippen molar-refractivity contribution in [3.63, 3.8) is 0 Å². The predicted molar refractivity (Wildman–Crippen MR) is 125 cm³/mol. The van der Waals surface area contributed by atoms with Gasteiger partial charge >= 0.3 is 12.4 Å².